The molecule has 2 fully saturated rings. The Bertz CT molecular complexity index is 3610. The molecule has 25 nitrogen and oxygen atoms in total. The third kappa shape index (κ3) is 14.3. The first-order valence-electron chi connectivity index (χ1n) is 28.6. The molecule has 4 bridgehead atoms. The van der Waals surface area contributed by atoms with Crippen LogP contribution >= 0.6 is 11.6 Å². The zero-order valence-electron chi connectivity index (χ0n) is 47.5. The van der Waals surface area contributed by atoms with Gasteiger partial charge in [-0.1, -0.05) is 40.7 Å². The van der Waals surface area contributed by atoms with E-state index in [1.165, 1.54) is 16.9 Å². The number of quaternary nitrogens is 1. The maximum Gasteiger partial charge on any atom is 0.340 e. The lowest BCUT2D eigenvalue weighted by molar-refractivity contribution is -0.141. The molecule has 7 heterocycles. The molecule has 0 radical (unpaired) electrons. The molecule has 0 spiro atoms. The fourth-order valence-electron chi connectivity index (χ4n) is 11.1. The highest BCUT2D eigenvalue weighted by molar-refractivity contribution is 6.33. The summed E-state index contributed by atoms with van der Waals surface area (Å²) in [7, 11) is 1.57. The number of piperidine rings is 1. The van der Waals surface area contributed by atoms with E-state index in [4.69, 9.17) is 36.0 Å². The number of halogens is 2. The van der Waals surface area contributed by atoms with Gasteiger partial charge in [0.25, 0.3) is 5.91 Å². The number of rotatable bonds is 27. The molecule has 86 heavy (non-hydrogen) atoms. The molecule has 11 rings (SSSR count). The average Bonchev–Trinajstić information content (AvgIpc) is 1.70. The van der Waals surface area contributed by atoms with E-state index in [1.54, 1.807) is 60.5 Å². The van der Waals surface area contributed by atoms with Crippen LogP contribution in [0, 0.1) is 5.82 Å². The van der Waals surface area contributed by atoms with Crippen molar-refractivity contribution in [1.29, 1.82) is 0 Å². The summed E-state index contributed by atoms with van der Waals surface area (Å²) < 4.78 is 34.7. The number of carboxylic acids is 1. The summed E-state index contributed by atoms with van der Waals surface area (Å²) in [4.78, 5) is 91.3. The molecule has 4 aromatic carbocycles. The van der Waals surface area contributed by atoms with E-state index in [-0.39, 0.29) is 66.3 Å². The number of amides is 5. The summed E-state index contributed by atoms with van der Waals surface area (Å²) in [6, 6.07) is 23.6. The Morgan fingerprint density at radius 3 is 2.24 bits per heavy atom. The Hall–Kier alpha value is -8.66. The predicted molar refractivity (Wildman–Crippen MR) is 320 cm³/mol. The monoisotopic (exact) mass is 1200 g/mol. The minimum atomic E-state index is -1.21. The first-order chi connectivity index (χ1) is 41.8. The summed E-state index contributed by atoms with van der Waals surface area (Å²) >= 11 is 6.42. The van der Waals surface area contributed by atoms with Crippen LogP contribution < -0.4 is 41.4 Å². The number of nitrogens with one attached hydrogen (secondary N) is 6. The fraction of sp³-hybridized carbons (Fsp3) is 0.390. The zero-order chi connectivity index (χ0) is 60.2. The highest BCUT2D eigenvalue weighted by Gasteiger charge is 2.46. The summed E-state index contributed by atoms with van der Waals surface area (Å²) in [6.45, 7) is 6.40. The van der Waals surface area contributed by atoms with Gasteiger partial charge in [0, 0.05) is 99.2 Å². The van der Waals surface area contributed by atoms with Gasteiger partial charge in [-0.05, 0) is 60.2 Å². The molecular weight excluding hydrogens is 1130 g/mol. The summed E-state index contributed by atoms with van der Waals surface area (Å²) in [5, 5.41) is 36.5. The standard InChI is InChI=1S/C59H67ClFN15O10/c1-62-58(83)43-5-2-3-7-47(43)69-57-45(60)34-66-59(70-57)68-40-9-11-41(12-10-40)73-20-18-72(19-21-73)22-26-85-28-30-86-29-27-84-25-17-63-50(77)13-14-53(80)76-23-15-38(16-24-76)56-55-42(44-32-49-39(31-46(44)61)33-67-75(49)76)6-4-8-48(55)74(71-56)37-52(79)64-35-51(78)65-36-54(81)82/h2-12,31-34,38H,13-30,35-37H2,1H3,(H6-,62,63,64,65,66,68,69,70,77,78,79,81,82,83)/p+1. The Morgan fingerprint density at radius 2 is 1.49 bits per heavy atom. The lowest BCUT2D eigenvalue weighted by Crippen LogP contribution is -2.65. The third-order valence-electron chi connectivity index (χ3n) is 15.5. The second kappa shape index (κ2) is 28.0. The van der Waals surface area contributed by atoms with Crippen molar-refractivity contribution >= 4 is 97.7 Å². The molecule has 452 valence electrons. The number of carboxylic acid groups (broad SMARTS) is 1. The fourth-order valence-corrected chi connectivity index (χ4v) is 11.2. The number of aromatic nitrogens is 6. The number of nitrogens with zero attached hydrogens (tertiary/aromatic N) is 9. The molecule has 0 unspecified atom stereocenters. The van der Waals surface area contributed by atoms with Crippen molar-refractivity contribution in [2.24, 2.45) is 0 Å². The van der Waals surface area contributed by atoms with Crippen LogP contribution in [0.25, 0.3) is 32.9 Å². The third-order valence-corrected chi connectivity index (χ3v) is 15.8. The van der Waals surface area contributed by atoms with Crippen LogP contribution in [-0.2, 0) is 44.7 Å². The Labute approximate surface area is 499 Å². The number of fused-ring (bicyclic) bond motifs is 2. The van der Waals surface area contributed by atoms with Gasteiger partial charge < -0.3 is 56.1 Å². The minimum absolute atomic E-state index is 0.0559. The van der Waals surface area contributed by atoms with Crippen LogP contribution in [0.4, 0.5) is 33.2 Å². The molecule has 0 atom stereocenters. The van der Waals surface area contributed by atoms with Crippen molar-refractivity contribution < 1.29 is 52.5 Å². The topological polar surface area (TPSA) is 290 Å². The van der Waals surface area contributed by atoms with Gasteiger partial charge in [0.15, 0.2) is 5.82 Å². The van der Waals surface area contributed by atoms with Crippen molar-refractivity contribution in [2.75, 3.05) is 128 Å². The van der Waals surface area contributed by atoms with E-state index in [2.05, 4.69) is 68.9 Å². The highest BCUT2D eigenvalue weighted by Crippen LogP contribution is 2.42. The highest BCUT2D eigenvalue weighted by atomic mass is 35.5. The van der Waals surface area contributed by atoms with Gasteiger partial charge in [-0.2, -0.15) is 10.1 Å². The molecule has 7 aromatic rings. The molecule has 4 aliphatic heterocycles. The minimum Gasteiger partial charge on any atom is -0.480 e. The van der Waals surface area contributed by atoms with E-state index >= 15 is 4.39 Å². The maximum absolute atomic E-state index is 16.2. The molecule has 3 aromatic heterocycles. The number of carbonyl (C=O) groups excluding carboxylic acids is 5. The first-order valence-corrected chi connectivity index (χ1v) is 28.9. The van der Waals surface area contributed by atoms with Crippen LogP contribution in [0.2, 0.25) is 5.02 Å². The maximum atomic E-state index is 16.2. The second-order valence-corrected chi connectivity index (χ2v) is 21.4. The van der Waals surface area contributed by atoms with E-state index in [0.717, 1.165) is 44.1 Å². The van der Waals surface area contributed by atoms with Gasteiger partial charge in [0.05, 0.1) is 87.5 Å². The number of anilines is 5. The molecule has 4 aliphatic rings. The van der Waals surface area contributed by atoms with E-state index in [1.807, 2.05) is 18.2 Å². The van der Waals surface area contributed by atoms with Gasteiger partial charge >= 0.3 is 11.9 Å². The average molecular weight is 1200 g/mol. The first kappa shape index (κ1) is 60.5. The smallest absolute Gasteiger partial charge is 0.340 e. The lowest BCUT2D eigenvalue weighted by atomic mass is 9.88. The second-order valence-electron chi connectivity index (χ2n) is 21.0. The SMILES string of the molecule is CNC(=O)c1ccccc1Nc1nc(Nc2ccc(N3CCN(CCOCCOCCOCCNC(=O)CCC(=O)[N+]45CCC(CC4)c4nn(CC(=O)NCC(=O)NCC(=O)O)c6cccc(c46)-c4cc6c(cnn65)cc4F)CC3)cc2)ncc1Cl. The van der Waals surface area contributed by atoms with Gasteiger partial charge in [-0.3, -0.25) is 33.6 Å². The number of hydrogen-bond donors (Lipinski definition) is 7. The molecular formula is C59H68ClFN15O10+. The Kier molecular flexibility index (Phi) is 19.7. The van der Waals surface area contributed by atoms with Crippen LogP contribution in [0.3, 0.4) is 0 Å². The molecule has 7 N–H and O–H groups in total. The quantitative estimate of drug-likeness (QED) is 0.0277. The molecule has 0 saturated carbocycles. The molecule has 5 amide bonds. The van der Waals surface area contributed by atoms with Gasteiger partial charge in [0.1, 0.15) is 42.5 Å². The van der Waals surface area contributed by atoms with Crippen LogP contribution in [0.15, 0.2) is 91.3 Å². The number of para-hydroxylation sites is 1. The van der Waals surface area contributed by atoms with Crippen molar-refractivity contribution in [3.05, 3.63) is 113 Å². The summed E-state index contributed by atoms with van der Waals surface area (Å²) in [5.74, 6) is -3.12. The number of ether oxygens (including phenoxy) is 3. The van der Waals surface area contributed by atoms with Gasteiger partial charge in [-0.25, -0.2) is 14.2 Å². The molecule has 0 aliphatic carbocycles. The van der Waals surface area contributed by atoms with Crippen LogP contribution in [0.1, 0.15) is 47.7 Å². The largest absolute Gasteiger partial charge is 0.480 e. The van der Waals surface area contributed by atoms with Crippen molar-refractivity contribution in [3.63, 3.8) is 0 Å². The molecule has 27 heteroatoms. The normalized spacial score (nSPS) is 16.4. The van der Waals surface area contributed by atoms with Crippen molar-refractivity contribution in [1.82, 2.24) is 60.4 Å². The van der Waals surface area contributed by atoms with Crippen molar-refractivity contribution in [2.45, 2.75) is 38.1 Å². The van der Waals surface area contributed by atoms with Gasteiger partial charge in [0.2, 0.25) is 23.7 Å². The van der Waals surface area contributed by atoms with Crippen LogP contribution in [-0.4, -0.2) is 187 Å². The molecule has 2 saturated heterocycles. The summed E-state index contributed by atoms with van der Waals surface area (Å²) in [6.07, 6.45) is 3.92. The number of benzene rings is 4. The van der Waals surface area contributed by atoms with E-state index < -0.39 is 36.7 Å². The van der Waals surface area contributed by atoms with Crippen molar-refractivity contribution in [3.8, 4) is 11.1 Å². The number of carbonyl (C=O) groups is 6. The van der Waals surface area contributed by atoms with E-state index in [0.29, 0.717) is 120 Å². The predicted octanol–water partition coefficient (Wildman–Crippen LogP) is 4.42. The Morgan fingerprint density at radius 1 is 0.756 bits per heavy atom. The number of hydrogen-bond acceptors (Lipinski definition) is 17. The number of piperazine rings is 1. The summed E-state index contributed by atoms with van der Waals surface area (Å²) in [5.41, 5.74) is 5.58. The van der Waals surface area contributed by atoms with Crippen LogP contribution in [0.5, 0.6) is 0 Å². The lowest BCUT2D eigenvalue weighted by Gasteiger charge is -2.39. The van der Waals surface area contributed by atoms with Gasteiger partial charge in [-0.15, -0.1) is 9.69 Å². The number of aliphatic carboxylic acids is 1. The van der Waals surface area contributed by atoms with E-state index in [9.17, 15) is 28.8 Å². The Balaban J connectivity index is 0.605. The zero-order valence-corrected chi connectivity index (χ0v) is 48.2.